The lowest BCUT2D eigenvalue weighted by Gasteiger charge is -2.19. The molecule has 0 fully saturated rings. The van der Waals surface area contributed by atoms with Gasteiger partial charge in [-0.05, 0) is 13.0 Å². The molecule has 0 aliphatic carbocycles. The molecular formula is C10H13NS. The van der Waals surface area contributed by atoms with Crippen molar-refractivity contribution < 1.29 is 0 Å². The van der Waals surface area contributed by atoms with Crippen molar-refractivity contribution in [3.63, 3.8) is 0 Å². The lowest BCUT2D eigenvalue weighted by molar-refractivity contribution is 1.00. The number of rotatable bonds is 2. The van der Waals surface area contributed by atoms with Crippen LogP contribution < -0.4 is 5.32 Å². The van der Waals surface area contributed by atoms with Gasteiger partial charge in [0.05, 0.1) is 5.70 Å². The number of hydrogen-bond donors (Lipinski definition) is 1. The van der Waals surface area contributed by atoms with Gasteiger partial charge in [0.1, 0.15) is 0 Å². The Hall–Kier alpha value is -0.890. The maximum atomic E-state index is 3.88. The molecule has 1 aliphatic rings. The van der Waals surface area contributed by atoms with Crippen LogP contribution in [-0.4, -0.2) is 5.75 Å². The first-order chi connectivity index (χ1) is 5.77. The van der Waals surface area contributed by atoms with Gasteiger partial charge in [-0.1, -0.05) is 25.3 Å². The minimum absolute atomic E-state index is 0.933. The third-order valence-electron chi connectivity index (χ3n) is 1.50. The van der Waals surface area contributed by atoms with Crippen molar-refractivity contribution in [2.75, 3.05) is 5.75 Å². The van der Waals surface area contributed by atoms with E-state index >= 15 is 0 Å². The summed E-state index contributed by atoms with van der Waals surface area (Å²) in [6.45, 7) is 9.64. The normalized spacial score (nSPS) is 18.2. The Morgan fingerprint density at radius 3 is 2.92 bits per heavy atom. The Bertz CT molecular complexity index is 261. The van der Waals surface area contributed by atoms with Crippen molar-refractivity contribution in [3.8, 4) is 0 Å². The molecule has 0 saturated carbocycles. The molecule has 2 heteroatoms. The molecule has 0 amide bonds. The van der Waals surface area contributed by atoms with Crippen LogP contribution in [0.15, 0.2) is 47.7 Å². The Morgan fingerprint density at radius 2 is 2.33 bits per heavy atom. The van der Waals surface area contributed by atoms with Gasteiger partial charge >= 0.3 is 0 Å². The molecule has 1 N–H and O–H groups in total. The predicted octanol–water partition coefficient (Wildman–Crippen LogP) is 2.81. The zero-order chi connectivity index (χ0) is 8.97. The zero-order valence-corrected chi connectivity index (χ0v) is 8.08. The molecule has 1 heterocycles. The number of hydrogen-bond acceptors (Lipinski definition) is 2. The summed E-state index contributed by atoms with van der Waals surface area (Å²) in [5.41, 5.74) is 2.16. The van der Waals surface area contributed by atoms with Gasteiger partial charge in [-0.2, -0.15) is 0 Å². The molecule has 0 radical (unpaired) electrons. The summed E-state index contributed by atoms with van der Waals surface area (Å²) in [5.74, 6) is 0.933. The summed E-state index contributed by atoms with van der Waals surface area (Å²) in [6, 6.07) is 0. The lowest BCUT2D eigenvalue weighted by atomic mass is 10.3. The van der Waals surface area contributed by atoms with E-state index in [0.29, 0.717) is 0 Å². The van der Waals surface area contributed by atoms with E-state index < -0.39 is 0 Å². The fourth-order valence-corrected chi connectivity index (χ4v) is 1.78. The van der Waals surface area contributed by atoms with Crippen LogP contribution >= 0.6 is 11.8 Å². The van der Waals surface area contributed by atoms with Gasteiger partial charge in [-0.3, -0.25) is 0 Å². The van der Waals surface area contributed by atoms with Crippen molar-refractivity contribution >= 4 is 11.8 Å². The van der Waals surface area contributed by atoms with E-state index in [1.165, 1.54) is 4.91 Å². The quantitative estimate of drug-likeness (QED) is 0.699. The van der Waals surface area contributed by atoms with Crippen molar-refractivity contribution in [3.05, 3.63) is 47.7 Å². The maximum absolute atomic E-state index is 3.88. The minimum Gasteiger partial charge on any atom is -0.358 e. The van der Waals surface area contributed by atoms with Crippen LogP contribution in [0.25, 0.3) is 0 Å². The average Bonchev–Trinajstić information content (AvgIpc) is 2.05. The van der Waals surface area contributed by atoms with Crippen LogP contribution in [0.3, 0.4) is 0 Å². The summed E-state index contributed by atoms with van der Waals surface area (Å²) in [7, 11) is 0. The standard InChI is InChI=1S/C10H13NS/c1-4-6-9-10(5-2)12-7-8(3)11-9/h4-6,11H,2-3,7H2,1H3/b6-4-. The van der Waals surface area contributed by atoms with E-state index in [0.717, 1.165) is 17.1 Å². The van der Waals surface area contributed by atoms with E-state index in [1.54, 1.807) is 11.8 Å². The second-order valence-electron chi connectivity index (χ2n) is 2.50. The number of allylic oxidation sites excluding steroid dienone is 3. The molecule has 64 valence electrons. The van der Waals surface area contributed by atoms with Gasteiger partial charge in [-0.25, -0.2) is 0 Å². The van der Waals surface area contributed by atoms with E-state index in [4.69, 9.17) is 0 Å². The Balaban J connectivity index is 2.91. The molecule has 0 aromatic rings. The third-order valence-corrected chi connectivity index (χ3v) is 2.69. The van der Waals surface area contributed by atoms with Crippen molar-refractivity contribution in [1.82, 2.24) is 5.32 Å². The van der Waals surface area contributed by atoms with Crippen molar-refractivity contribution in [2.24, 2.45) is 0 Å². The van der Waals surface area contributed by atoms with E-state index in [-0.39, 0.29) is 0 Å². The highest BCUT2D eigenvalue weighted by atomic mass is 32.2. The minimum atomic E-state index is 0.933. The maximum Gasteiger partial charge on any atom is 0.0516 e. The molecule has 1 rings (SSSR count). The zero-order valence-electron chi connectivity index (χ0n) is 7.26. The van der Waals surface area contributed by atoms with Gasteiger partial charge in [0, 0.05) is 16.4 Å². The SMILES string of the molecule is C=CC1=C(/C=C\C)NC(=C)CS1. The Morgan fingerprint density at radius 1 is 1.58 bits per heavy atom. The highest BCUT2D eigenvalue weighted by Gasteiger charge is 2.09. The molecule has 0 aromatic heterocycles. The molecule has 0 unspecified atom stereocenters. The van der Waals surface area contributed by atoms with Crippen molar-refractivity contribution in [1.29, 1.82) is 0 Å². The largest absolute Gasteiger partial charge is 0.358 e. The molecule has 0 bridgehead atoms. The van der Waals surface area contributed by atoms with Crippen molar-refractivity contribution in [2.45, 2.75) is 6.92 Å². The summed E-state index contributed by atoms with van der Waals surface area (Å²) in [6.07, 6.45) is 5.92. The Kier molecular flexibility index (Phi) is 3.23. The predicted molar refractivity (Wildman–Crippen MR) is 56.8 cm³/mol. The average molecular weight is 179 g/mol. The first kappa shape index (κ1) is 9.20. The monoisotopic (exact) mass is 179 g/mol. The van der Waals surface area contributed by atoms with Gasteiger partial charge in [0.25, 0.3) is 0 Å². The van der Waals surface area contributed by atoms with Crippen LogP contribution in [0.5, 0.6) is 0 Å². The van der Waals surface area contributed by atoms with Crippen LogP contribution in [0, 0.1) is 0 Å². The summed E-state index contributed by atoms with van der Waals surface area (Å²) >= 11 is 1.77. The van der Waals surface area contributed by atoms with Gasteiger partial charge < -0.3 is 5.32 Å². The lowest BCUT2D eigenvalue weighted by Crippen LogP contribution is -2.17. The van der Waals surface area contributed by atoms with Gasteiger partial charge in [0.2, 0.25) is 0 Å². The topological polar surface area (TPSA) is 12.0 Å². The fraction of sp³-hybridized carbons (Fsp3) is 0.200. The molecular weight excluding hydrogens is 166 g/mol. The van der Waals surface area contributed by atoms with E-state index in [2.05, 4.69) is 18.5 Å². The highest BCUT2D eigenvalue weighted by Crippen LogP contribution is 2.26. The Labute approximate surface area is 77.9 Å². The molecule has 12 heavy (non-hydrogen) atoms. The second kappa shape index (κ2) is 4.21. The van der Waals surface area contributed by atoms with Gasteiger partial charge in [-0.15, -0.1) is 11.8 Å². The molecule has 0 spiro atoms. The molecule has 1 aliphatic heterocycles. The molecule has 0 aromatic carbocycles. The fourth-order valence-electron chi connectivity index (χ4n) is 0.990. The summed E-state index contributed by atoms with van der Waals surface area (Å²) < 4.78 is 0. The third kappa shape index (κ3) is 2.05. The molecule has 1 nitrogen and oxygen atoms in total. The van der Waals surface area contributed by atoms with Crippen LogP contribution in [-0.2, 0) is 0 Å². The second-order valence-corrected chi connectivity index (χ2v) is 3.52. The van der Waals surface area contributed by atoms with Crippen LogP contribution in [0.4, 0.5) is 0 Å². The van der Waals surface area contributed by atoms with E-state index in [1.807, 2.05) is 25.2 Å². The number of thioether (sulfide) groups is 1. The molecule has 0 saturated heterocycles. The summed E-state index contributed by atoms with van der Waals surface area (Å²) in [5, 5.41) is 3.22. The smallest absolute Gasteiger partial charge is 0.0516 e. The van der Waals surface area contributed by atoms with E-state index in [9.17, 15) is 0 Å². The van der Waals surface area contributed by atoms with Crippen LogP contribution in [0.1, 0.15) is 6.92 Å². The molecule has 0 atom stereocenters. The van der Waals surface area contributed by atoms with Gasteiger partial charge in [0.15, 0.2) is 0 Å². The van der Waals surface area contributed by atoms with Crippen LogP contribution in [0.2, 0.25) is 0 Å². The first-order valence-electron chi connectivity index (χ1n) is 3.85. The number of nitrogens with one attached hydrogen (secondary N) is 1. The summed E-state index contributed by atoms with van der Waals surface area (Å²) in [4.78, 5) is 1.19. The highest BCUT2D eigenvalue weighted by molar-refractivity contribution is 8.03. The first-order valence-corrected chi connectivity index (χ1v) is 4.83.